The highest BCUT2D eigenvalue weighted by Crippen LogP contribution is 2.28. The average molecular weight is 277 g/mol. The molecule has 1 aliphatic carbocycles. The van der Waals surface area contributed by atoms with Gasteiger partial charge in [-0.1, -0.05) is 6.92 Å². The van der Waals surface area contributed by atoms with Crippen molar-refractivity contribution in [2.45, 2.75) is 32.2 Å². The number of carbonyl (C=O) groups is 1. The Labute approximate surface area is 120 Å². The van der Waals surface area contributed by atoms with E-state index in [1.54, 1.807) is 25.3 Å². The minimum atomic E-state index is 0.00664. The molecular weight excluding hydrogens is 254 g/mol. The third-order valence-corrected chi connectivity index (χ3v) is 3.60. The van der Waals surface area contributed by atoms with Crippen molar-refractivity contribution in [3.8, 4) is 5.75 Å². The molecule has 0 radical (unpaired) electrons. The molecule has 0 atom stereocenters. The molecule has 1 fully saturated rings. The van der Waals surface area contributed by atoms with E-state index >= 15 is 0 Å². The van der Waals surface area contributed by atoms with E-state index in [1.165, 1.54) is 12.8 Å². The second-order valence-electron chi connectivity index (χ2n) is 5.12. The van der Waals surface area contributed by atoms with Crippen molar-refractivity contribution in [3.63, 3.8) is 0 Å². The molecule has 1 amide bonds. The van der Waals surface area contributed by atoms with E-state index in [4.69, 9.17) is 10.5 Å². The predicted molar refractivity (Wildman–Crippen MR) is 80.9 cm³/mol. The first-order valence-electron chi connectivity index (χ1n) is 7.11. The zero-order chi connectivity index (χ0) is 14.5. The zero-order valence-corrected chi connectivity index (χ0v) is 12.2. The lowest BCUT2D eigenvalue weighted by molar-refractivity contribution is -0.116. The van der Waals surface area contributed by atoms with Crippen LogP contribution in [0.25, 0.3) is 0 Å². The number of nitrogens with two attached hydrogens (primary N) is 1. The fourth-order valence-corrected chi connectivity index (χ4v) is 2.31. The summed E-state index contributed by atoms with van der Waals surface area (Å²) >= 11 is 0. The number of hydrogen-bond donors (Lipinski definition) is 2. The lowest BCUT2D eigenvalue weighted by atomic mass is 10.2. The minimum Gasteiger partial charge on any atom is -0.494 e. The molecule has 2 rings (SSSR count). The van der Waals surface area contributed by atoms with Gasteiger partial charge in [0.25, 0.3) is 0 Å². The van der Waals surface area contributed by atoms with Crippen LogP contribution in [0.15, 0.2) is 18.2 Å². The fourth-order valence-electron chi connectivity index (χ4n) is 2.31. The second kappa shape index (κ2) is 6.61. The van der Waals surface area contributed by atoms with E-state index in [1.807, 2.05) is 0 Å². The molecular formula is C15H23N3O2. The molecule has 0 spiro atoms. The normalized spacial score (nSPS) is 14.3. The number of hydrogen-bond acceptors (Lipinski definition) is 4. The lowest BCUT2D eigenvalue weighted by Crippen LogP contribution is -2.29. The van der Waals surface area contributed by atoms with Crippen LogP contribution in [0.3, 0.4) is 0 Å². The van der Waals surface area contributed by atoms with Gasteiger partial charge < -0.3 is 20.7 Å². The van der Waals surface area contributed by atoms with Crippen LogP contribution >= 0.6 is 0 Å². The van der Waals surface area contributed by atoms with Crippen LogP contribution in [0.2, 0.25) is 0 Å². The van der Waals surface area contributed by atoms with Crippen LogP contribution in [0.1, 0.15) is 26.2 Å². The Balaban J connectivity index is 1.87. The van der Waals surface area contributed by atoms with Crippen molar-refractivity contribution >= 4 is 17.3 Å². The average Bonchev–Trinajstić information content (AvgIpc) is 3.26. The van der Waals surface area contributed by atoms with Gasteiger partial charge in [-0.2, -0.15) is 0 Å². The molecule has 5 heteroatoms. The van der Waals surface area contributed by atoms with Crippen molar-refractivity contribution in [1.29, 1.82) is 0 Å². The Bertz CT molecular complexity index is 472. The Morgan fingerprint density at radius 2 is 2.25 bits per heavy atom. The van der Waals surface area contributed by atoms with E-state index in [0.717, 1.165) is 13.1 Å². The van der Waals surface area contributed by atoms with Gasteiger partial charge in [0.15, 0.2) is 0 Å². The molecule has 110 valence electrons. The number of ether oxygens (including phenoxy) is 1. The summed E-state index contributed by atoms with van der Waals surface area (Å²) in [6, 6.07) is 5.92. The smallest absolute Gasteiger partial charge is 0.225 e. The molecule has 1 aromatic rings. The van der Waals surface area contributed by atoms with Crippen molar-refractivity contribution < 1.29 is 9.53 Å². The summed E-state index contributed by atoms with van der Waals surface area (Å²) in [7, 11) is 1.57. The Morgan fingerprint density at radius 1 is 1.50 bits per heavy atom. The van der Waals surface area contributed by atoms with E-state index in [-0.39, 0.29) is 5.91 Å². The van der Waals surface area contributed by atoms with Gasteiger partial charge in [0.2, 0.25) is 5.91 Å². The highest BCUT2D eigenvalue weighted by molar-refractivity contribution is 5.92. The second-order valence-corrected chi connectivity index (χ2v) is 5.12. The maximum atomic E-state index is 12.0. The highest BCUT2D eigenvalue weighted by Gasteiger charge is 2.27. The summed E-state index contributed by atoms with van der Waals surface area (Å²) in [5.74, 6) is 0.597. The summed E-state index contributed by atoms with van der Waals surface area (Å²) in [5.41, 5.74) is 6.98. The molecule has 0 heterocycles. The SMILES string of the molecule is CCN(CCC(=O)Nc1ccc(N)cc1OC)C1CC1. The number of nitrogen functional groups attached to an aromatic ring is 1. The standard InChI is InChI=1S/C15H23N3O2/c1-3-18(12-5-6-12)9-8-15(19)17-13-7-4-11(16)10-14(13)20-2/h4,7,10,12H,3,5-6,8-9,16H2,1-2H3,(H,17,19). The van der Waals surface area contributed by atoms with Crippen LogP contribution < -0.4 is 15.8 Å². The summed E-state index contributed by atoms with van der Waals surface area (Å²) in [6.45, 7) is 3.95. The lowest BCUT2D eigenvalue weighted by Gasteiger charge is -2.19. The van der Waals surface area contributed by atoms with Gasteiger partial charge in [0.05, 0.1) is 12.8 Å². The number of carbonyl (C=O) groups excluding carboxylic acids is 1. The largest absolute Gasteiger partial charge is 0.494 e. The van der Waals surface area contributed by atoms with Crippen LogP contribution in [0.5, 0.6) is 5.75 Å². The molecule has 0 saturated heterocycles. The molecule has 0 aromatic heterocycles. The van der Waals surface area contributed by atoms with E-state index < -0.39 is 0 Å². The Kier molecular flexibility index (Phi) is 4.84. The molecule has 1 saturated carbocycles. The van der Waals surface area contributed by atoms with E-state index in [0.29, 0.717) is 29.6 Å². The Hall–Kier alpha value is -1.75. The van der Waals surface area contributed by atoms with Gasteiger partial charge >= 0.3 is 0 Å². The summed E-state index contributed by atoms with van der Waals surface area (Å²) < 4.78 is 5.22. The van der Waals surface area contributed by atoms with Crippen molar-refractivity contribution in [1.82, 2.24) is 4.90 Å². The van der Waals surface area contributed by atoms with Gasteiger partial charge in [-0.3, -0.25) is 4.79 Å². The molecule has 3 N–H and O–H groups in total. The van der Waals surface area contributed by atoms with E-state index in [2.05, 4.69) is 17.1 Å². The van der Waals surface area contributed by atoms with Crippen molar-refractivity contribution in [2.24, 2.45) is 0 Å². The number of anilines is 2. The predicted octanol–water partition coefficient (Wildman–Crippen LogP) is 2.09. The molecule has 1 aromatic carbocycles. The number of nitrogens with one attached hydrogen (secondary N) is 1. The van der Waals surface area contributed by atoms with Crippen LogP contribution in [-0.4, -0.2) is 37.0 Å². The number of methoxy groups -OCH3 is 1. The first-order chi connectivity index (χ1) is 9.63. The van der Waals surface area contributed by atoms with Crippen LogP contribution in [0, 0.1) is 0 Å². The third-order valence-electron chi connectivity index (χ3n) is 3.60. The number of rotatable bonds is 7. The maximum absolute atomic E-state index is 12.0. The first-order valence-corrected chi connectivity index (χ1v) is 7.11. The molecule has 20 heavy (non-hydrogen) atoms. The van der Waals surface area contributed by atoms with Gasteiger partial charge in [0, 0.05) is 30.8 Å². The van der Waals surface area contributed by atoms with Crippen molar-refractivity contribution in [2.75, 3.05) is 31.2 Å². The topological polar surface area (TPSA) is 67.6 Å². The summed E-state index contributed by atoms with van der Waals surface area (Å²) in [6.07, 6.45) is 3.03. The van der Waals surface area contributed by atoms with Crippen molar-refractivity contribution in [3.05, 3.63) is 18.2 Å². The van der Waals surface area contributed by atoms with Gasteiger partial charge in [-0.15, -0.1) is 0 Å². The number of amides is 1. The van der Waals surface area contributed by atoms with Gasteiger partial charge in [-0.25, -0.2) is 0 Å². The van der Waals surface area contributed by atoms with Crippen LogP contribution in [0.4, 0.5) is 11.4 Å². The molecule has 0 bridgehead atoms. The first kappa shape index (κ1) is 14.7. The number of nitrogens with zero attached hydrogens (tertiary/aromatic N) is 1. The van der Waals surface area contributed by atoms with Crippen LogP contribution in [-0.2, 0) is 4.79 Å². The zero-order valence-electron chi connectivity index (χ0n) is 12.2. The fraction of sp³-hybridized carbons (Fsp3) is 0.533. The highest BCUT2D eigenvalue weighted by atomic mass is 16.5. The number of benzene rings is 1. The molecule has 0 aliphatic heterocycles. The quantitative estimate of drug-likeness (QED) is 0.749. The minimum absolute atomic E-state index is 0.00664. The summed E-state index contributed by atoms with van der Waals surface area (Å²) in [5, 5.41) is 2.88. The van der Waals surface area contributed by atoms with Gasteiger partial charge in [-0.05, 0) is 31.5 Å². The molecule has 0 unspecified atom stereocenters. The maximum Gasteiger partial charge on any atom is 0.225 e. The third kappa shape index (κ3) is 3.87. The monoisotopic (exact) mass is 277 g/mol. The summed E-state index contributed by atoms with van der Waals surface area (Å²) in [4.78, 5) is 14.4. The van der Waals surface area contributed by atoms with E-state index in [9.17, 15) is 4.79 Å². The molecule has 1 aliphatic rings. The molecule has 5 nitrogen and oxygen atoms in total. The Morgan fingerprint density at radius 3 is 2.85 bits per heavy atom. The van der Waals surface area contributed by atoms with Gasteiger partial charge in [0.1, 0.15) is 5.75 Å².